The van der Waals surface area contributed by atoms with Crippen LogP contribution in [0.1, 0.15) is 52.4 Å². The minimum Gasteiger partial charge on any atom is -0.305 e. The van der Waals surface area contributed by atoms with Crippen molar-refractivity contribution in [2.75, 3.05) is 20.1 Å². The van der Waals surface area contributed by atoms with E-state index in [2.05, 4.69) is 31.9 Å². The zero-order valence-electron chi connectivity index (χ0n) is 11.8. The zero-order chi connectivity index (χ0) is 12.7. The number of rotatable bonds is 1. The molecule has 0 aromatic rings. The van der Waals surface area contributed by atoms with Gasteiger partial charge in [-0.15, -0.1) is 0 Å². The van der Waals surface area contributed by atoms with E-state index in [9.17, 15) is 0 Å². The van der Waals surface area contributed by atoms with Crippen molar-refractivity contribution >= 4 is 0 Å². The van der Waals surface area contributed by atoms with E-state index in [1.165, 1.54) is 32.1 Å². The molecule has 0 bridgehead atoms. The van der Waals surface area contributed by atoms with Crippen molar-refractivity contribution in [3.63, 3.8) is 0 Å². The Hall–Kier alpha value is -0.550. The summed E-state index contributed by atoms with van der Waals surface area (Å²) in [6, 6.07) is 2.25. The Kier molecular flexibility index (Phi) is 6.58. The molecule has 0 radical (unpaired) electrons. The third kappa shape index (κ3) is 5.55. The van der Waals surface area contributed by atoms with Gasteiger partial charge < -0.3 is 4.90 Å². The van der Waals surface area contributed by atoms with Gasteiger partial charge in [0.1, 0.15) is 0 Å². The molecule has 0 N–H and O–H groups in total. The quantitative estimate of drug-likeness (QED) is 0.694. The van der Waals surface area contributed by atoms with E-state index >= 15 is 0 Å². The largest absolute Gasteiger partial charge is 0.305 e. The van der Waals surface area contributed by atoms with Crippen LogP contribution >= 0.6 is 0 Å². The summed E-state index contributed by atoms with van der Waals surface area (Å²) in [6.45, 7) is 6.78. The lowest BCUT2D eigenvalue weighted by molar-refractivity contribution is 0.279. The van der Waals surface area contributed by atoms with Gasteiger partial charge in [-0.2, -0.15) is 5.26 Å². The first-order chi connectivity index (χ1) is 8.13. The highest BCUT2D eigenvalue weighted by atomic mass is 15.1. The Morgan fingerprint density at radius 3 is 2.06 bits per heavy atom. The highest BCUT2D eigenvalue weighted by Gasteiger charge is 2.17. The van der Waals surface area contributed by atoms with Crippen LogP contribution in [0.3, 0.4) is 0 Å². The highest BCUT2D eigenvalue weighted by Crippen LogP contribution is 2.29. The summed E-state index contributed by atoms with van der Waals surface area (Å²) in [5, 5.41) is 8.41. The Balaban J connectivity index is 0.000000171. The summed E-state index contributed by atoms with van der Waals surface area (Å²) in [5.74, 6) is 2.30. The van der Waals surface area contributed by atoms with Crippen LogP contribution < -0.4 is 0 Å². The van der Waals surface area contributed by atoms with Gasteiger partial charge in [-0.3, -0.25) is 0 Å². The van der Waals surface area contributed by atoms with Crippen molar-refractivity contribution in [2.45, 2.75) is 52.4 Å². The first-order valence-electron chi connectivity index (χ1n) is 7.21. The summed E-state index contributed by atoms with van der Waals surface area (Å²) in [7, 11) is 2.05. The lowest BCUT2D eigenvalue weighted by Gasteiger charge is -2.24. The van der Waals surface area contributed by atoms with Gasteiger partial charge in [-0.1, -0.05) is 46.0 Å². The third-order valence-corrected chi connectivity index (χ3v) is 4.17. The van der Waals surface area contributed by atoms with Gasteiger partial charge in [-0.25, -0.2) is 0 Å². The molecule has 1 atom stereocenters. The fourth-order valence-corrected chi connectivity index (χ4v) is 2.84. The molecule has 1 unspecified atom stereocenters. The molecule has 2 nitrogen and oxygen atoms in total. The van der Waals surface area contributed by atoms with Crippen LogP contribution in [-0.2, 0) is 0 Å². The van der Waals surface area contributed by atoms with Crippen LogP contribution in [0, 0.1) is 29.1 Å². The smallest absolute Gasteiger partial charge is 0.0669 e. The van der Waals surface area contributed by atoms with Gasteiger partial charge >= 0.3 is 0 Å². The lowest BCUT2D eigenvalue weighted by Crippen LogP contribution is -2.13. The third-order valence-electron chi connectivity index (χ3n) is 4.17. The zero-order valence-corrected chi connectivity index (χ0v) is 11.8. The van der Waals surface area contributed by atoms with Crippen LogP contribution in [-0.4, -0.2) is 25.0 Å². The second-order valence-corrected chi connectivity index (χ2v) is 6.02. The SMILES string of the molecule is CC(C)C1CCCCC1.CN1CCC(C#N)C1. The number of hydrogen-bond donors (Lipinski definition) is 0. The number of nitriles is 1. The van der Waals surface area contributed by atoms with E-state index in [0.717, 1.165) is 31.3 Å². The summed E-state index contributed by atoms with van der Waals surface area (Å²) in [5.41, 5.74) is 0. The topological polar surface area (TPSA) is 27.0 Å². The molecule has 17 heavy (non-hydrogen) atoms. The van der Waals surface area contributed by atoms with Crippen molar-refractivity contribution in [1.82, 2.24) is 4.90 Å². The molecule has 2 rings (SSSR count). The van der Waals surface area contributed by atoms with Crippen LogP contribution in [0.25, 0.3) is 0 Å². The molecule has 2 fully saturated rings. The van der Waals surface area contributed by atoms with E-state index in [1.807, 2.05) is 0 Å². The van der Waals surface area contributed by atoms with E-state index in [1.54, 1.807) is 0 Å². The van der Waals surface area contributed by atoms with Crippen LogP contribution in [0.5, 0.6) is 0 Å². The molecule has 1 saturated carbocycles. The summed E-state index contributed by atoms with van der Waals surface area (Å²) < 4.78 is 0. The lowest BCUT2D eigenvalue weighted by atomic mass is 9.82. The fraction of sp³-hybridized carbons (Fsp3) is 0.933. The molecule has 1 heterocycles. The first-order valence-corrected chi connectivity index (χ1v) is 7.21. The molecule has 0 amide bonds. The summed E-state index contributed by atoms with van der Waals surface area (Å²) in [6.07, 6.45) is 8.53. The van der Waals surface area contributed by atoms with Crippen LogP contribution in [0.2, 0.25) is 0 Å². The maximum atomic E-state index is 8.41. The number of hydrogen-bond acceptors (Lipinski definition) is 2. The molecule has 2 aliphatic rings. The van der Waals surface area contributed by atoms with Crippen molar-refractivity contribution < 1.29 is 0 Å². The standard InChI is InChI=1S/C9H18.C6H10N2/c1-8(2)9-6-4-3-5-7-9;1-8-3-2-6(4-7)5-8/h8-9H,3-7H2,1-2H3;6H,2-3,5H2,1H3. The molecule has 0 aromatic heterocycles. The van der Waals surface area contributed by atoms with E-state index in [4.69, 9.17) is 5.26 Å². The monoisotopic (exact) mass is 236 g/mol. The molecule has 1 saturated heterocycles. The predicted molar refractivity (Wildman–Crippen MR) is 72.6 cm³/mol. The van der Waals surface area contributed by atoms with Crippen molar-refractivity contribution in [3.05, 3.63) is 0 Å². The van der Waals surface area contributed by atoms with E-state index in [0.29, 0.717) is 5.92 Å². The predicted octanol–water partition coefficient (Wildman–Crippen LogP) is 3.68. The minimum atomic E-state index is 0.306. The Labute approximate surface area is 107 Å². The Morgan fingerprint density at radius 2 is 1.76 bits per heavy atom. The molecule has 0 aromatic carbocycles. The van der Waals surface area contributed by atoms with Gasteiger partial charge in [0.25, 0.3) is 0 Å². The second kappa shape index (κ2) is 7.71. The van der Waals surface area contributed by atoms with Gasteiger partial charge in [0, 0.05) is 6.54 Å². The normalized spacial score (nSPS) is 26.4. The summed E-state index contributed by atoms with van der Waals surface area (Å²) in [4.78, 5) is 2.19. The highest BCUT2D eigenvalue weighted by molar-refractivity contribution is 4.89. The molecule has 98 valence electrons. The average molecular weight is 236 g/mol. The van der Waals surface area contributed by atoms with Crippen molar-refractivity contribution in [2.24, 2.45) is 17.8 Å². The van der Waals surface area contributed by atoms with Gasteiger partial charge in [0.05, 0.1) is 12.0 Å². The molecule has 2 heteroatoms. The number of likely N-dealkylation sites (tertiary alicyclic amines) is 1. The van der Waals surface area contributed by atoms with E-state index < -0.39 is 0 Å². The van der Waals surface area contributed by atoms with Crippen molar-refractivity contribution in [3.8, 4) is 6.07 Å². The Morgan fingerprint density at radius 1 is 1.12 bits per heavy atom. The Bertz CT molecular complexity index is 236. The molecule has 1 aliphatic heterocycles. The van der Waals surface area contributed by atoms with Crippen molar-refractivity contribution in [1.29, 1.82) is 5.26 Å². The van der Waals surface area contributed by atoms with Gasteiger partial charge in [-0.05, 0) is 31.8 Å². The first kappa shape index (κ1) is 14.5. The molecular weight excluding hydrogens is 208 g/mol. The second-order valence-electron chi connectivity index (χ2n) is 6.02. The average Bonchev–Trinajstić information content (AvgIpc) is 2.77. The van der Waals surface area contributed by atoms with Crippen LogP contribution in [0.15, 0.2) is 0 Å². The maximum Gasteiger partial charge on any atom is 0.0669 e. The minimum absolute atomic E-state index is 0.306. The molecule has 0 spiro atoms. The van der Waals surface area contributed by atoms with Gasteiger partial charge in [0.15, 0.2) is 0 Å². The maximum absolute atomic E-state index is 8.41. The fourth-order valence-electron chi connectivity index (χ4n) is 2.84. The molecule has 1 aliphatic carbocycles. The number of nitrogens with zero attached hydrogens (tertiary/aromatic N) is 2. The van der Waals surface area contributed by atoms with E-state index in [-0.39, 0.29) is 0 Å². The van der Waals surface area contributed by atoms with Crippen LogP contribution in [0.4, 0.5) is 0 Å². The van der Waals surface area contributed by atoms with Gasteiger partial charge in [0.2, 0.25) is 0 Å². The summed E-state index contributed by atoms with van der Waals surface area (Å²) >= 11 is 0. The molecular formula is C15H28N2.